The first-order chi connectivity index (χ1) is 6.86. The lowest BCUT2D eigenvalue weighted by atomic mass is 9.73. The van der Waals surface area contributed by atoms with Crippen LogP contribution in [0, 0.1) is 11.3 Å². The first-order valence-corrected chi connectivity index (χ1v) is 5.94. The molecule has 1 nitrogen and oxygen atoms in total. The van der Waals surface area contributed by atoms with E-state index in [0.717, 1.165) is 18.2 Å². The average Bonchev–Trinajstić information content (AvgIpc) is 2.15. The van der Waals surface area contributed by atoms with Gasteiger partial charge in [-0.15, -0.1) is 0 Å². The van der Waals surface area contributed by atoms with Crippen LogP contribution >= 0.6 is 0 Å². The van der Waals surface area contributed by atoms with Gasteiger partial charge in [0.15, 0.2) is 0 Å². The minimum Gasteiger partial charge on any atom is -0.369 e. The molecule has 1 aliphatic rings. The number of rotatable bonds is 2. The Balaban J connectivity index is 2.63. The van der Waals surface area contributed by atoms with Gasteiger partial charge in [-0.1, -0.05) is 33.9 Å². The van der Waals surface area contributed by atoms with Gasteiger partial charge in [-0.2, -0.15) is 0 Å². The van der Waals surface area contributed by atoms with Crippen LogP contribution in [0.15, 0.2) is 24.9 Å². The molecule has 0 spiro atoms. The molecule has 15 heavy (non-hydrogen) atoms. The van der Waals surface area contributed by atoms with Crippen molar-refractivity contribution in [3.63, 3.8) is 0 Å². The van der Waals surface area contributed by atoms with Crippen LogP contribution in [0.2, 0.25) is 0 Å². The molecule has 2 unspecified atom stereocenters. The van der Waals surface area contributed by atoms with Crippen LogP contribution in [0.5, 0.6) is 0 Å². The second kappa shape index (κ2) is 4.42. The highest BCUT2D eigenvalue weighted by Gasteiger charge is 2.32. The Bertz CT molecular complexity index is 247. The van der Waals surface area contributed by atoms with E-state index in [1.807, 2.05) is 6.08 Å². The Kier molecular flexibility index (Phi) is 3.64. The van der Waals surface area contributed by atoms with E-state index in [1.165, 1.54) is 12.8 Å². The fourth-order valence-electron chi connectivity index (χ4n) is 2.50. The highest BCUT2D eigenvalue weighted by molar-refractivity contribution is 5.12. The van der Waals surface area contributed by atoms with Crippen LogP contribution < -0.4 is 0 Å². The summed E-state index contributed by atoms with van der Waals surface area (Å²) in [6.45, 7) is 18.3. The standard InChI is InChI=1S/C14H25N/c1-7-11(2)15-9-8-13(10-12(15)3)14(4,5)6/h7,12-13H,1-2,8-10H2,3-6H3. The molecule has 0 bridgehead atoms. The molecule has 1 heterocycles. The van der Waals surface area contributed by atoms with E-state index in [2.05, 4.69) is 45.8 Å². The molecule has 0 saturated carbocycles. The van der Waals surface area contributed by atoms with Gasteiger partial charge in [0.05, 0.1) is 0 Å². The molecule has 0 aromatic carbocycles. The van der Waals surface area contributed by atoms with Crippen molar-refractivity contribution < 1.29 is 0 Å². The van der Waals surface area contributed by atoms with Crippen molar-refractivity contribution in [1.29, 1.82) is 0 Å². The summed E-state index contributed by atoms with van der Waals surface area (Å²) < 4.78 is 0. The summed E-state index contributed by atoms with van der Waals surface area (Å²) >= 11 is 0. The van der Waals surface area contributed by atoms with Crippen LogP contribution in [0.3, 0.4) is 0 Å². The highest BCUT2D eigenvalue weighted by Crippen LogP contribution is 2.37. The molecular weight excluding hydrogens is 182 g/mol. The van der Waals surface area contributed by atoms with Gasteiger partial charge in [-0.3, -0.25) is 0 Å². The summed E-state index contributed by atoms with van der Waals surface area (Å²) in [6, 6.07) is 0.605. The zero-order chi connectivity index (χ0) is 11.6. The quantitative estimate of drug-likeness (QED) is 0.622. The number of allylic oxidation sites excluding steroid dienone is 1. The van der Waals surface area contributed by atoms with Gasteiger partial charge < -0.3 is 4.90 Å². The molecule has 2 atom stereocenters. The maximum atomic E-state index is 4.04. The lowest BCUT2D eigenvalue weighted by Crippen LogP contribution is -2.42. The highest BCUT2D eigenvalue weighted by atomic mass is 15.2. The molecule has 1 aliphatic heterocycles. The first kappa shape index (κ1) is 12.4. The minimum atomic E-state index is 0.440. The van der Waals surface area contributed by atoms with Crippen molar-refractivity contribution in [2.75, 3.05) is 6.54 Å². The predicted molar refractivity (Wildman–Crippen MR) is 67.7 cm³/mol. The maximum Gasteiger partial charge on any atom is 0.0289 e. The summed E-state index contributed by atoms with van der Waals surface area (Å²) in [5.41, 5.74) is 1.52. The molecule has 1 rings (SSSR count). The lowest BCUT2D eigenvalue weighted by Gasteiger charge is -2.44. The van der Waals surface area contributed by atoms with Crippen molar-refractivity contribution in [2.45, 2.75) is 46.6 Å². The topological polar surface area (TPSA) is 3.24 Å². The number of nitrogens with zero attached hydrogens (tertiary/aromatic N) is 1. The third-order valence-corrected chi connectivity index (χ3v) is 3.71. The van der Waals surface area contributed by atoms with E-state index in [4.69, 9.17) is 0 Å². The summed E-state index contributed by atoms with van der Waals surface area (Å²) in [7, 11) is 0. The van der Waals surface area contributed by atoms with Crippen molar-refractivity contribution >= 4 is 0 Å². The van der Waals surface area contributed by atoms with Gasteiger partial charge in [-0.25, -0.2) is 0 Å². The molecule has 0 amide bonds. The maximum absolute atomic E-state index is 4.04. The van der Waals surface area contributed by atoms with Gasteiger partial charge in [0, 0.05) is 18.3 Å². The molecule has 0 aromatic heterocycles. The molecular formula is C14H25N. The van der Waals surface area contributed by atoms with Crippen LogP contribution in [-0.2, 0) is 0 Å². The zero-order valence-corrected chi connectivity index (χ0v) is 10.7. The Labute approximate surface area is 94.9 Å². The number of piperidine rings is 1. The van der Waals surface area contributed by atoms with Crippen molar-refractivity contribution in [3.05, 3.63) is 24.9 Å². The monoisotopic (exact) mass is 207 g/mol. The number of hydrogen-bond acceptors (Lipinski definition) is 1. The second-order valence-electron chi connectivity index (χ2n) is 5.83. The van der Waals surface area contributed by atoms with Crippen molar-refractivity contribution in [3.8, 4) is 0 Å². The first-order valence-electron chi connectivity index (χ1n) is 5.94. The van der Waals surface area contributed by atoms with Gasteiger partial charge >= 0.3 is 0 Å². The molecule has 1 saturated heterocycles. The van der Waals surface area contributed by atoms with E-state index in [9.17, 15) is 0 Å². The van der Waals surface area contributed by atoms with Gasteiger partial charge in [0.25, 0.3) is 0 Å². The van der Waals surface area contributed by atoms with E-state index < -0.39 is 0 Å². The largest absolute Gasteiger partial charge is 0.369 e. The Morgan fingerprint density at radius 1 is 1.40 bits per heavy atom. The SMILES string of the molecule is C=CC(=C)N1CCC(C(C)(C)C)CC1C. The minimum absolute atomic E-state index is 0.440. The summed E-state index contributed by atoms with van der Waals surface area (Å²) in [5.74, 6) is 0.835. The Hall–Kier alpha value is -0.720. The number of likely N-dealkylation sites (tertiary alicyclic amines) is 1. The van der Waals surface area contributed by atoms with Crippen LogP contribution in [0.1, 0.15) is 40.5 Å². The Morgan fingerprint density at radius 3 is 2.40 bits per heavy atom. The molecule has 86 valence electrons. The predicted octanol–water partition coefficient (Wildman–Crippen LogP) is 3.83. The van der Waals surface area contributed by atoms with Crippen LogP contribution in [-0.4, -0.2) is 17.5 Å². The van der Waals surface area contributed by atoms with Crippen molar-refractivity contribution in [1.82, 2.24) is 4.90 Å². The van der Waals surface area contributed by atoms with E-state index in [1.54, 1.807) is 0 Å². The summed E-state index contributed by atoms with van der Waals surface area (Å²) in [4.78, 5) is 2.38. The van der Waals surface area contributed by atoms with Crippen molar-refractivity contribution in [2.24, 2.45) is 11.3 Å². The summed E-state index contributed by atoms with van der Waals surface area (Å²) in [6.07, 6.45) is 4.42. The third kappa shape index (κ3) is 2.87. The normalized spacial score (nSPS) is 27.6. The molecule has 0 radical (unpaired) electrons. The molecule has 1 heteroatoms. The summed E-state index contributed by atoms with van der Waals surface area (Å²) in [5, 5.41) is 0. The third-order valence-electron chi connectivity index (χ3n) is 3.71. The lowest BCUT2D eigenvalue weighted by molar-refractivity contribution is 0.0956. The molecule has 1 fully saturated rings. The van der Waals surface area contributed by atoms with Gasteiger partial charge in [-0.05, 0) is 37.2 Å². The number of hydrogen-bond donors (Lipinski definition) is 0. The fourth-order valence-corrected chi connectivity index (χ4v) is 2.50. The zero-order valence-electron chi connectivity index (χ0n) is 10.7. The molecule has 0 aromatic rings. The van der Waals surface area contributed by atoms with Gasteiger partial charge in [0.1, 0.15) is 0 Å². The average molecular weight is 207 g/mol. The fraction of sp³-hybridized carbons (Fsp3) is 0.714. The van der Waals surface area contributed by atoms with Gasteiger partial charge in [0.2, 0.25) is 0 Å². The second-order valence-corrected chi connectivity index (χ2v) is 5.83. The van der Waals surface area contributed by atoms with Crippen LogP contribution in [0.25, 0.3) is 0 Å². The van der Waals surface area contributed by atoms with Crippen LogP contribution in [0.4, 0.5) is 0 Å². The van der Waals surface area contributed by atoms with E-state index >= 15 is 0 Å². The molecule has 0 aliphatic carbocycles. The van der Waals surface area contributed by atoms with E-state index in [-0.39, 0.29) is 0 Å². The van der Waals surface area contributed by atoms with E-state index in [0.29, 0.717) is 11.5 Å². The smallest absolute Gasteiger partial charge is 0.0289 e. The molecule has 0 N–H and O–H groups in total. The Morgan fingerprint density at radius 2 is 2.00 bits per heavy atom.